The summed E-state index contributed by atoms with van der Waals surface area (Å²) in [5, 5.41) is 2.86. The van der Waals surface area contributed by atoms with Crippen LogP contribution in [0.3, 0.4) is 0 Å². The Morgan fingerprint density at radius 2 is 1.84 bits per heavy atom. The fraction of sp³-hybridized carbons (Fsp3) is 0.150. The lowest BCUT2D eigenvalue weighted by atomic mass is 10.0. The van der Waals surface area contributed by atoms with Crippen LogP contribution in [0.25, 0.3) is 16.6 Å². The lowest BCUT2D eigenvalue weighted by Crippen LogP contribution is -2.37. The van der Waals surface area contributed by atoms with Crippen molar-refractivity contribution in [1.82, 2.24) is 15.0 Å². The molecule has 0 aliphatic carbocycles. The van der Waals surface area contributed by atoms with E-state index >= 15 is 0 Å². The predicted octanol–water partition coefficient (Wildman–Crippen LogP) is 4.39. The quantitative estimate of drug-likeness (QED) is 0.698. The third-order valence-electron chi connectivity index (χ3n) is 4.58. The van der Waals surface area contributed by atoms with Gasteiger partial charge in [0.05, 0.1) is 5.70 Å². The van der Waals surface area contributed by atoms with Gasteiger partial charge in [0.25, 0.3) is 0 Å². The van der Waals surface area contributed by atoms with Gasteiger partial charge < -0.3 is 4.57 Å². The first-order chi connectivity index (χ1) is 12.0. The number of hydrazine groups is 1. The molecule has 0 spiro atoms. The topological polar surface area (TPSA) is 37.3 Å². The number of halogens is 1. The molecule has 1 aromatic heterocycles. The highest BCUT2D eigenvalue weighted by atomic mass is 79.9. The minimum absolute atomic E-state index is 0.0127. The number of fused-ring (bicyclic) bond motifs is 1. The van der Waals surface area contributed by atoms with Gasteiger partial charge in [-0.1, -0.05) is 46.3 Å². The Kier molecular flexibility index (Phi) is 3.88. The summed E-state index contributed by atoms with van der Waals surface area (Å²) in [6, 6.07) is 16.2. The Balaban J connectivity index is 1.82. The molecule has 0 bridgehead atoms. The van der Waals surface area contributed by atoms with Gasteiger partial charge in [-0.25, -0.2) is 5.01 Å². The van der Waals surface area contributed by atoms with Crippen LogP contribution < -0.4 is 5.43 Å². The Morgan fingerprint density at radius 1 is 1.12 bits per heavy atom. The fourth-order valence-corrected chi connectivity index (χ4v) is 3.64. The predicted molar refractivity (Wildman–Crippen MR) is 103 cm³/mol. The van der Waals surface area contributed by atoms with E-state index in [0.29, 0.717) is 0 Å². The second-order valence-corrected chi connectivity index (χ2v) is 7.16. The molecular weight excluding hydrogens is 378 g/mol. The summed E-state index contributed by atoms with van der Waals surface area (Å²) in [6.45, 7) is 1.59. The second kappa shape index (κ2) is 6.08. The number of nitrogens with one attached hydrogen (secondary N) is 1. The lowest BCUT2D eigenvalue weighted by Gasteiger charge is -2.23. The summed E-state index contributed by atoms with van der Waals surface area (Å²) in [5.41, 5.74) is 7.54. The van der Waals surface area contributed by atoms with E-state index < -0.39 is 0 Å². The molecule has 126 valence electrons. The number of carbonyl (C=O) groups excluding carboxylic acids is 1. The number of carbonyl (C=O) groups is 1. The number of hydrogen-bond acceptors (Lipinski definition) is 2. The Hall–Kier alpha value is -2.53. The van der Waals surface area contributed by atoms with Crippen LogP contribution in [0.1, 0.15) is 24.1 Å². The van der Waals surface area contributed by atoms with Crippen molar-refractivity contribution in [3.8, 4) is 0 Å². The van der Waals surface area contributed by atoms with Crippen LogP contribution in [0.2, 0.25) is 0 Å². The molecule has 0 saturated carbocycles. The van der Waals surface area contributed by atoms with Crippen LogP contribution >= 0.6 is 15.9 Å². The zero-order valence-corrected chi connectivity index (χ0v) is 15.6. The van der Waals surface area contributed by atoms with Crippen molar-refractivity contribution in [2.75, 3.05) is 0 Å². The average Bonchev–Trinajstić information content (AvgIpc) is 3.18. The van der Waals surface area contributed by atoms with Gasteiger partial charge in [-0.3, -0.25) is 10.2 Å². The summed E-state index contributed by atoms with van der Waals surface area (Å²) in [5.74, 6) is -0.0127. The molecule has 2 heterocycles. The van der Waals surface area contributed by atoms with Gasteiger partial charge >= 0.3 is 0 Å². The first-order valence-electron chi connectivity index (χ1n) is 8.13. The third kappa shape index (κ3) is 2.74. The smallest absolute Gasteiger partial charge is 0.238 e. The van der Waals surface area contributed by atoms with Crippen LogP contribution in [0.5, 0.6) is 0 Å². The van der Waals surface area contributed by atoms with Crippen molar-refractivity contribution >= 4 is 38.4 Å². The van der Waals surface area contributed by atoms with E-state index in [1.807, 2.05) is 43.4 Å². The molecule has 4 nitrogen and oxygen atoms in total. The van der Waals surface area contributed by atoms with Crippen molar-refractivity contribution in [3.05, 3.63) is 76.4 Å². The van der Waals surface area contributed by atoms with Gasteiger partial charge in [-0.05, 0) is 29.8 Å². The maximum Gasteiger partial charge on any atom is 0.238 e. The first kappa shape index (κ1) is 16.0. The molecule has 0 fully saturated rings. The van der Waals surface area contributed by atoms with E-state index in [2.05, 4.69) is 50.3 Å². The van der Waals surface area contributed by atoms with Crippen molar-refractivity contribution < 1.29 is 4.79 Å². The van der Waals surface area contributed by atoms with Crippen molar-refractivity contribution in [2.24, 2.45) is 7.05 Å². The highest BCUT2D eigenvalue weighted by molar-refractivity contribution is 9.10. The number of para-hydroxylation sites is 1. The van der Waals surface area contributed by atoms with Gasteiger partial charge in [-0.15, -0.1) is 0 Å². The Morgan fingerprint density at radius 3 is 2.56 bits per heavy atom. The molecule has 1 aliphatic rings. The van der Waals surface area contributed by atoms with Crippen LogP contribution in [-0.4, -0.2) is 15.5 Å². The van der Waals surface area contributed by atoms with Crippen LogP contribution in [-0.2, 0) is 11.8 Å². The largest absolute Gasteiger partial charge is 0.350 e. The van der Waals surface area contributed by atoms with Gasteiger partial charge in [0.2, 0.25) is 5.91 Å². The number of benzene rings is 2. The molecule has 1 amide bonds. The zero-order valence-electron chi connectivity index (χ0n) is 14.0. The number of aryl methyl sites for hydroxylation is 1. The summed E-state index contributed by atoms with van der Waals surface area (Å²) in [4.78, 5) is 12.2. The van der Waals surface area contributed by atoms with Gasteiger partial charge in [-0.2, -0.15) is 0 Å². The standard InChI is InChI=1S/C20H18BrN3O/c1-13(25)24-20(11-18(22-24)14-7-9-15(21)10-8-14)17-12-23(2)19-6-4-3-5-16(17)19/h3-12,20,22H,1-2H3/t20-/m1/s1. The molecular formula is C20H18BrN3O. The van der Waals surface area contributed by atoms with Crippen LogP contribution in [0.4, 0.5) is 0 Å². The molecule has 3 aromatic rings. The maximum absolute atomic E-state index is 12.2. The number of hydrogen-bond donors (Lipinski definition) is 1. The number of nitrogens with zero attached hydrogens (tertiary/aromatic N) is 2. The summed E-state index contributed by atoms with van der Waals surface area (Å²) < 4.78 is 3.14. The van der Waals surface area contributed by atoms with Crippen molar-refractivity contribution in [2.45, 2.75) is 13.0 Å². The molecule has 4 rings (SSSR count). The average molecular weight is 396 g/mol. The van der Waals surface area contributed by atoms with E-state index in [4.69, 9.17) is 0 Å². The van der Waals surface area contributed by atoms with E-state index in [1.165, 1.54) is 0 Å². The summed E-state index contributed by atoms with van der Waals surface area (Å²) in [6.07, 6.45) is 4.22. The highest BCUT2D eigenvalue weighted by Crippen LogP contribution is 2.36. The fourth-order valence-electron chi connectivity index (χ4n) is 3.37. The van der Waals surface area contributed by atoms with E-state index in [9.17, 15) is 4.79 Å². The van der Waals surface area contributed by atoms with Crippen molar-refractivity contribution in [3.63, 3.8) is 0 Å². The van der Waals surface area contributed by atoms with Gasteiger partial charge in [0.1, 0.15) is 6.04 Å². The SMILES string of the molecule is CC(=O)N1NC(c2ccc(Br)cc2)=C[C@@H]1c1cn(C)c2ccccc12. The monoisotopic (exact) mass is 395 g/mol. The number of aromatic nitrogens is 1. The molecule has 1 atom stereocenters. The highest BCUT2D eigenvalue weighted by Gasteiger charge is 2.30. The Labute approximate surface area is 154 Å². The molecule has 0 radical (unpaired) electrons. The molecule has 1 aliphatic heterocycles. The molecule has 2 aromatic carbocycles. The Bertz CT molecular complexity index is 988. The van der Waals surface area contributed by atoms with E-state index in [1.54, 1.807) is 11.9 Å². The first-order valence-corrected chi connectivity index (χ1v) is 8.92. The van der Waals surface area contributed by atoms with Crippen LogP contribution in [0.15, 0.2) is 65.3 Å². The molecule has 0 unspecified atom stereocenters. The van der Waals surface area contributed by atoms with E-state index in [0.717, 1.165) is 32.2 Å². The minimum Gasteiger partial charge on any atom is -0.350 e. The third-order valence-corrected chi connectivity index (χ3v) is 5.11. The number of amides is 1. The normalized spacial score (nSPS) is 16.8. The summed E-state index contributed by atoms with van der Waals surface area (Å²) in [7, 11) is 2.03. The second-order valence-electron chi connectivity index (χ2n) is 6.25. The zero-order chi connectivity index (χ0) is 17.6. The molecule has 25 heavy (non-hydrogen) atoms. The van der Waals surface area contributed by atoms with Crippen molar-refractivity contribution in [1.29, 1.82) is 0 Å². The number of rotatable bonds is 2. The van der Waals surface area contributed by atoms with E-state index in [-0.39, 0.29) is 11.9 Å². The molecule has 1 N–H and O–H groups in total. The van der Waals surface area contributed by atoms with Gasteiger partial charge in [0, 0.05) is 41.1 Å². The maximum atomic E-state index is 12.2. The minimum atomic E-state index is -0.137. The van der Waals surface area contributed by atoms with Crippen LogP contribution in [0, 0.1) is 0 Å². The summed E-state index contributed by atoms with van der Waals surface area (Å²) >= 11 is 3.46. The molecule has 0 saturated heterocycles. The van der Waals surface area contributed by atoms with Gasteiger partial charge in [0.15, 0.2) is 0 Å². The lowest BCUT2D eigenvalue weighted by molar-refractivity contribution is -0.132. The molecule has 5 heteroatoms.